The van der Waals surface area contributed by atoms with Gasteiger partial charge in [0.15, 0.2) is 0 Å². The average molecular weight is 271 g/mol. The van der Waals surface area contributed by atoms with Crippen LogP contribution in [-0.4, -0.2) is 20.6 Å². The van der Waals surface area contributed by atoms with Crippen molar-refractivity contribution in [1.29, 1.82) is 0 Å². The third-order valence-corrected chi connectivity index (χ3v) is 2.88. The van der Waals surface area contributed by atoms with Gasteiger partial charge in [-0.05, 0) is 31.2 Å². The van der Waals surface area contributed by atoms with E-state index in [1.807, 2.05) is 7.05 Å². The molecule has 2 nitrogen and oxygen atoms in total. The minimum Gasteiger partial charge on any atom is -0.374 e. The normalized spacial score (nSPS) is 10.4. The van der Waals surface area contributed by atoms with Crippen molar-refractivity contribution in [2.24, 2.45) is 0 Å². The summed E-state index contributed by atoms with van der Waals surface area (Å²) >= 11 is 3.52. The summed E-state index contributed by atoms with van der Waals surface area (Å²) in [7, 11) is 4.12. The van der Waals surface area contributed by atoms with E-state index in [1.54, 1.807) is 0 Å². The Balaban J connectivity index is 2.95. The van der Waals surface area contributed by atoms with Gasteiger partial charge < -0.3 is 10.2 Å². The molecule has 84 valence electrons. The van der Waals surface area contributed by atoms with Gasteiger partial charge in [0.05, 0.1) is 0 Å². The van der Waals surface area contributed by atoms with Crippen molar-refractivity contribution in [2.45, 2.75) is 19.9 Å². The van der Waals surface area contributed by atoms with Crippen molar-refractivity contribution < 1.29 is 0 Å². The fourth-order valence-corrected chi connectivity index (χ4v) is 2.04. The van der Waals surface area contributed by atoms with Crippen LogP contribution < -0.4 is 10.2 Å². The lowest BCUT2D eigenvalue weighted by Crippen LogP contribution is -2.20. The molecule has 0 amide bonds. The first-order valence-corrected chi connectivity index (χ1v) is 6.12. The summed E-state index contributed by atoms with van der Waals surface area (Å²) in [4.78, 5) is 2.30. The highest BCUT2D eigenvalue weighted by molar-refractivity contribution is 9.10. The maximum absolute atomic E-state index is 3.52. The van der Waals surface area contributed by atoms with E-state index in [1.165, 1.54) is 17.7 Å². The van der Waals surface area contributed by atoms with E-state index in [2.05, 4.69) is 58.3 Å². The zero-order chi connectivity index (χ0) is 11.3. The number of nitrogens with one attached hydrogen (secondary N) is 1. The Morgan fingerprint density at radius 1 is 1.40 bits per heavy atom. The predicted molar refractivity (Wildman–Crippen MR) is 70.5 cm³/mol. The van der Waals surface area contributed by atoms with Crippen LogP contribution in [0.25, 0.3) is 0 Å². The maximum Gasteiger partial charge on any atom is 0.0420 e. The molecule has 0 unspecified atom stereocenters. The monoisotopic (exact) mass is 270 g/mol. The Bertz CT molecular complexity index is 312. The zero-order valence-corrected chi connectivity index (χ0v) is 11.3. The van der Waals surface area contributed by atoms with Crippen LogP contribution in [0.5, 0.6) is 0 Å². The summed E-state index contributed by atoms with van der Waals surface area (Å²) in [5, 5.41) is 3.20. The van der Waals surface area contributed by atoms with E-state index in [-0.39, 0.29) is 0 Å². The van der Waals surface area contributed by atoms with Gasteiger partial charge in [0.2, 0.25) is 0 Å². The third-order valence-electron chi connectivity index (χ3n) is 2.38. The number of nitrogens with zero attached hydrogens (tertiary/aromatic N) is 1. The van der Waals surface area contributed by atoms with Crippen LogP contribution in [0.3, 0.4) is 0 Å². The quantitative estimate of drug-likeness (QED) is 0.885. The average Bonchev–Trinajstić information content (AvgIpc) is 2.21. The Morgan fingerprint density at radius 2 is 2.13 bits per heavy atom. The molecule has 1 rings (SSSR count). The molecule has 0 spiro atoms. The van der Waals surface area contributed by atoms with Crippen molar-refractivity contribution in [3.63, 3.8) is 0 Å². The molecular formula is C12H19BrN2. The second-order valence-corrected chi connectivity index (χ2v) is 4.64. The Kier molecular flexibility index (Phi) is 5.12. The first-order valence-electron chi connectivity index (χ1n) is 5.33. The van der Waals surface area contributed by atoms with Crippen LogP contribution in [0.15, 0.2) is 22.7 Å². The Labute approximate surface area is 101 Å². The molecule has 0 aliphatic carbocycles. The summed E-state index contributed by atoms with van der Waals surface area (Å²) in [5.41, 5.74) is 2.65. The van der Waals surface area contributed by atoms with Gasteiger partial charge in [-0.25, -0.2) is 0 Å². The summed E-state index contributed by atoms with van der Waals surface area (Å²) in [6.45, 7) is 4.20. The van der Waals surface area contributed by atoms with Gasteiger partial charge in [-0.15, -0.1) is 0 Å². The van der Waals surface area contributed by atoms with Crippen molar-refractivity contribution in [3.8, 4) is 0 Å². The van der Waals surface area contributed by atoms with Gasteiger partial charge in [-0.2, -0.15) is 0 Å². The largest absolute Gasteiger partial charge is 0.374 e. The zero-order valence-electron chi connectivity index (χ0n) is 9.68. The van der Waals surface area contributed by atoms with Crippen LogP contribution in [0.2, 0.25) is 0 Å². The Hall–Kier alpha value is -0.540. The topological polar surface area (TPSA) is 15.3 Å². The van der Waals surface area contributed by atoms with E-state index in [0.29, 0.717) is 0 Å². The second kappa shape index (κ2) is 6.13. The highest BCUT2D eigenvalue weighted by atomic mass is 79.9. The number of benzene rings is 1. The van der Waals surface area contributed by atoms with E-state index in [4.69, 9.17) is 0 Å². The van der Waals surface area contributed by atoms with Crippen LogP contribution in [-0.2, 0) is 6.54 Å². The molecule has 1 aromatic carbocycles. The molecule has 1 N–H and O–H groups in total. The molecular weight excluding hydrogens is 252 g/mol. The molecule has 0 atom stereocenters. The molecule has 0 saturated carbocycles. The van der Waals surface area contributed by atoms with Gasteiger partial charge in [0.25, 0.3) is 0 Å². The molecule has 0 aromatic heterocycles. The molecule has 0 saturated heterocycles. The molecule has 0 aliphatic rings. The van der Waals surface area contributed by atoms with Gasteiger partial charge in [-0.3, -0.25) is 0 Å². The fraction of sp³-hybridized carbons (Fsp3) is 0.500. The van der Waals surface area contributed by atoms with E-state index >= 15 is 0 Å². The Morgan fingerprint density at radius 3 is 2.73 bits per heavy atom. The van der Waals surface area contributed by atoms with Gasteiger partial charge >= 0.3 is 0 Å². The highest BCUT2D eigenvalue weighted by Gasteiger charge is 2.06. The predicted octanol–water partition coefficient (Wildman–Crippen LogP) is 3.01. The smallest absolute Gasteiger partial charge is 0.0420 e. The minimum absolute atomic E-state index is 0.913. The third kappa shape index (κ3) is 3.50. The van der Waals surface area contributed by atoms with Crippen molar-refractivity contribution >= 4 is 21.6 Å². The van der Waals surface area contributed by atoms with Crippen LogP contribution in [0, 0.1) is 0 Å². The summed E-state index contributed by atoms with van der Waals surface area (Å²) in [5.74, 6) is 0. The van der Waals surface area contributed by atoms with Gasteiger partial charge in [0, 0.05) is 30.3 Å². The SMILES string of the molecule is CCCN(C)c1cc(Br)ccc1CNC. The first kappa shape index (κ1) is 12.5. The molecule has 3 heteroatoms. The molecule has 0 radical (unpaired) electrons. The highest BCUT2D eigenvalue weighted by Crippen LogP contribution is 2.24. The van der Waals surface area contributed by atoms with E-state index < -0.39 is 0 Å². The van der Waals surface area contributed by atoms with Crippen LogP contribution in [0.4, 0.5) is 5.69 Å². The number of hydrogen-bond donors (Lipinski definition) is 1. The molecule has 0 aliphatic heterocycles. The maximum atomic E-state index is 3.52. The fourth-order valence-electron chi connectivity index (χ4n) is 1.69. The van der Waals surface area contributed by atoms with Gasteiger partial charge in [-0.1, -0.05) is 28.9 Å². The summed E-state index contributed by atoms with van der Waals surface area (Å²) in [6.07, 6.45) is 1.17. The number of rotatable bonds is 5. The second-order valence-electron chi connectivity index (χ2n) is 3.72. The summed E-state index contributed by atoms with van der Waals surface area (Å²) in [6, 6.07) is 6.44. The standard InChI is InChI=1S/C12H19BrN2/c1-4-7-15(3)12-8-11(13)6-5-10(12)9-14-2/h5-6,8,14H,4,7,9H2,1-3H3. The van der Waals surface area contributed by atoms with Crippen molar-refractivity contribution in [1.82, 2.24) is 5.32 Å². The van der Waals surface area contributed by atoms with Gasteiger partial charge in [0.1, 0.15) is 0 Å². The molecule has 15 heavy (non-hydrogen) atoms. The van der Waals surface area contributed by atoms with Crippen molar-refractivity contribution in [3.05, 3.63) is 28.2 Å². The van der Waals surface area contributed by atoms with Crippen molar-refractivity contribution in [2.75, 3.05) is 25.5 Å². The lowest BCUT2D eigenvalue weighted by Gasteiger charge is -2.22. The van der Waals surface area contributed by atoms with Crippen LogP contribution >= 0.6 is 15.9 Å². The molecule has 0 fully saturated rings. The first-order chi connectivity index (χ1) is 7.19. The number of halogens is 1. The lowest BCUT2D eigenvalue weighted by molar-refractivity contribution is 0.796. The summed E-state index contributed by atoms with van der Waals surface area (Å²) < 4.78 is 1.14. The van der Waals surface area contributed by atoms with E-state index in [9.17, 15) is 0 Å². The number of hydrogen-bond acceptors (Lipinski definition) is 2. The van der Waals surface area contributed by atoms with Crippen LogP contribution in [0.1, 0.15) is 18.9 Å². The number of anilines is 1. The molecule has 0 heterocycles. The van der Waals surface area contributed by atoms with E-state index in [0.717, 1.165) is 17.6 Å². The minimum atomic E-state index is 0.913. The molecule has 0 bridgehead atoms. The lowest BCUT2D eigenvalue weighted by atomic mass is 10.1. The molecule has 1 aromatic rings.